The highest BCUT2D eigenvalue weighted by molar-refractivity contribution is 14.1. The first-order valence-corrected chi connectivity index (χ1v) is 8.39. The molecule has 4 nitrogen and oxygen atoms in total. The predicted molar refractivity (Wildman–Crippen MR) is 88.3 cm³/mol. The summed E-state index contributed by atoms with van der Waals surface area (Å²) < 4.78 is 5.90. The van der Waals surface area contributed by atoms with Crippen molar-refractivity contribution in [2.45, 2.75) is 37.3 Å². The molecule has 2 fully saturated rings. The number of halogens is 1. The molecule has 5 heteroatoms. The van der Waals surface area contributed by atoms with E-state index in [0.717, 1.165) is 28.4 Å². The van der Waals surface area contributed by atoms with Crippen molar-refractivity contribution in [1.29, 1.82) is 0 Å². The molecule has 3 rings (SSSR count). The maximum Gasteiger partial charge on any atom is 0.310 e. The molecule has 0 spiro atoms. The quantitative estimate of drug-likeness (QED) is 0.612. The van der Waals surface area contributed by atoms with Crippen molar-refractivity contribution in [2.24, 2.45) is 5.92 Å². The van der Waals surface area contributed by atoms with Crippen molar-refractivity contribution >= 4 is 28.6 Å². The second-order valence-corrected chi connectivity index (χ2v) is 7.23. The molecule has 0 radical (unpaired) electrons. The number of hydrogen-bond donors (Lipinski definition) is 1. The summed E-state index contributed by atoms with van der Waals surface area (Å²) in [6.07, 6.45) is 3.14. The van der Waals surface area contributed by atoms with E-state index in [9.17, 15) is 9.90 Å². The van der Waals surface area contributed by atoms with E-state index in [1.54, 1.807) is 0 Å². The van der Waals surface area contributed by atoms with Gasteiger partial charge in [-0.15, -0.1) is 0 Å². The third-order valence-electron chi connectivity index (χ3n) is 5.14. The lowest BCUT2D eigenvalue weighted by atomic mass is 9.76. The molecule has 2 bridgehead atoms. The van der Waals surface area contributed by atoms with Crippen LogP contribution in [0.5, 0.6) is 5.75 Å². The minimum atomic E-state index is -0.141. The summed E-state index contributed by atoms with van der Waals surface area (Å²) in [6.45, 7) is 0. The maximum atomic E-state index is 12.3. The molecule has 1 aromatic carbocycles. The first kappa shape index (κ1) is 15.1. The molecule has 1 N–H and O–H groups in total. The van der Waals surface area contributed by atoms with Gasteiger partial charge in [-0.05, 0) is 66.6 Å². The molecule has 0 saturated carbocycles. The Morgan fingerprint density at radius 2 is 2.19 bits per heavy atom. The van der Waals surface area contributed by atoms with Crippen molar-refractivity contribution in [1.82, 2.24) is 4.90 Å². The van der Waals surface area contributed by atoms with Crippen LogP contribution < -0.4 is 0 Å². The third-order valence-corrected chi connectivity index (χ3v) is 6.05. The number of phenols is 1. The normalized spacial score (nSPS) is 32.1. The molecule has 114 valence electrons. The van der Waals surface area contributed by atoms with E-state index >= 15 is 0 Å². The van der Waals surface area contributed by atoms with Gasteiger partial charge in [-0.2, -0.15) is 0 Å². The van der Waals surface area contributed by atoms with Gasteiger partial charge in [0, 0.05) is 18.0 Å². The largest absolute Gasteiger partial charge is 0.507 e. The Kier molecular flexibility index (Phi) is 4.14. The van der Waals surface area contributed by atoms with Crippen LogP contribution >= 0.6 is 22.6 Å². The summed E-state index contributed by atoms with van der Waals surface area (Å²) in [7, 11) is 3.58. The summed E-state index contributed by atoms with van der Waals surface area (Å²) in [5.74, 6) is 0.158. The second kappa shape index (κ2) is 5.76. The number of phenolic OH excluding ortho intramolecular Hbond substituents is 1. The Labute approximate surface area is 138 Å². The first-order chi connectivity index (χ1) is 10.0. The van der Waals surface area contributed by atoms with Crippen molar-refractivity contribution in [3.63, 3.8) is 0 Å². The zero-order valence-electron chi connectivity index (χ0n) is 12.3. The number of methoxy groups -OCH3 is 1. The molecule has 0 unspecified atom stereocenters. The number of piperidine rings is 1. The van der Waals surface area contributed by atoms with Crippen molar-refractivity contribution in [2.75, 3.05) is 14.2 Å². The molecular weight excluding hydrogens is 381 g/mol. The fourth-order valence-corrected chi connectivity index (χ4v) is 4.36. The topological polar surface area (TPSA) is 49.8 Å². The number of esters is 1. The molecular formula is C16H20INO3. The summed E-state index contributed by atoms with van der Waals surface area (Å²) in [5.41, 5.74) is 1.05. The van der Waals surface area contributed by atoms with Gasteiger partial charge in [-0.1, -0.05) is 6.07 Å². The van der Waals surface area contributed by atoms with E-state index in [-0.39, 0.29) is 23.8 Å². The molecule has 2 aliphatic heterocycles. The van der Waals surface area contributed by atoms with Gasteiger partial charge in [0.1, 0.15) is 5.75 Å². The summed E-state index contributed by atoms with van der Waals surface area (Å²) in [6, 6.07) is 6.55. The number of carbonyl (C=O) groups excluding carboxylic acids is 1. The lowest BCUT2D eigenvalue weighted by Gasteiger charge is -2.41. The zero-order valence-corrected chi connectivity index (χ0v) is 14.4. The fraction of sp³-hybridized carbons (Fsp3) is 0.562. The van der Waals surface area contributed by atoms with E-state index in [0.29, 0.717) is 11.8 Å². The van der Waals surface area contributed by atoms with Crippen LogP contribution in [0.4, 0.5) is 0 Å². The number of benzene rings is 1. The van der Waals surface area contributed by atoms with E-state index in [1.165, 1.54) is 7.11 Å². The molecule has 0 aliphatic carbocycles. The van der Waals surface area contributed by atoms with Gasteiger partial charge in [0.15, 0.2) is 0 Å². The Morgan fingerprint density at radius 1 is 1.43 bits per heavy atom. The molecule has 2 heterocycles. The summed E-state index contributed by atoms with van der Waals surface area (Å²) in [5, 5.41) is 9.98. The van der Waals surface area contributed by atoms with Gasteiger partial charge in [0.2, 0.25) is 0 Å². The molecule has 4 atom stereocenters. The standard InChI is InChI=1S/C16H20INO3/c1-18-10-4-6-13(18)15(16(20)21-2)11(8-10)9-3-5-12(17)14(19)7-9/h3,5,7,10-11,13,15,19H,4,6,8H2,1-2H3/t10-,11+,13+,15-/m0/s1. The summed E-state index contributed by atoms with van der Waals surface area (Å²) in [4.78, 5) is 14.7. The molecule has 0 aromatic heterocycles. The number of ether oxygens (including phenoxy) is 1. The number of aromatic hydroxyl groups is 1. The minimum absolute atomic E-state index is 0.129. The number of rotatable bonds is 2. The van der Waals surface area contributed by atoms with E-state index in [4.69, 9.17) is 4.74 Å². The van der Waals surface area contributed by atoms with E-state index in [1.807, 2.05) is 18.2 Å². The SMILES string of the molecule is COC(=O)[C@H]1[C@@H](c2ccc(I)c(O)c2)C[C@@H]2CC[C@H]1N2C. The number of nitrogens with zero attached hydrogens (tertiary/aromatic N) is 1. The molecule has 1 aromatic rings. The Bertz CT molecular complexity index is 562. The Balaban J connectivity index is 1.98. The van der Waals surface area contributed by atoms with Gasteiger partial charge < -0.3 is 9.84 Å². The van der Waals surface area contributed by atoms with Crippen LogP contribution in [0.25, 0.3) is 0 Å². The Hall–Kier alpha value is -0.820. The summed E-state index contributed by atoms with van der Waals surface area (Å²) >= 11 is 2.11. The molecule has 0 amide bonds. The lowest BCUT2D eigenvalue weighted by molar-refractivity contribution is -0.150. The number of fused-ring (bicyclic) bond motifs is 2. The minimum Gasteiger partial charge on any atom is -0.507 e. The Morgan fingerprint density at radius 3 is 2.86 bits per heavy atom. The average Bonchev–Trinajstić information content (AvgIpc) is 2.72. The van der Waals surface area contributed by atoms with Crippen molar-refractivity contribution in [3.05, 3.63) is 27.3 Å². The lowest BCUT2D eigenvalue weighted by Crippen LogP contribution is -2.49. The van der Waals surface area contributed by atoms with Crippen LogP contribution in [-0.4, -0.2) is 42.2 Å². The van der Waals surface area contributed by atoms with E-state index in [2.05, 4.69) is 34.5 Å². The van der Waals surface area contributed by atoms with Crippen LogP contribution in [-0.2, 0) is 9.53 Å². The number of hydrogen-bond acceptors (Lipinski definition) is 4. The van der Waals surface area contributed by atoms with Crippen LogP contribution in [0.2, 0.25) is 0 Å². The van der Waals surface area contributed by atoms with Crippen molar-refractivity contribution < 1.29 is 14.6 Å². The zero-order chi connectivity index (χ0) is 15.1. The third kappa shape index (κ3) is 2.54. The predicted octanol–water partition coefficient (Wildman–Crippen LogP) is 2.74. The highest BCUT2D eigenvalue weighted by atomic mass is 127. The highest BCUT2D eigenvalue weighted by Crippen LogP contribution is 2.47. The van der Waals surface area contributed by atoms with Crippen LogP contribution in [0.1, 0.15) is 30.7 Å². The van der Waals surface area contributed by atoms with Gasteiger partial charge in [-0.3, -0.25) is 9.69 Å². The maximum absolute atomic E-state index is 12.3. The molecule has 2 aliphatic rings. The van der Waals surface area contributed by atoms with Crippen molar-refractivity contribution in [3.8, 4) is 5.75 Å². The second-order valence-electron chi connectivity index (χ2n) is 6.07. The average molecular weight is 401 g/mol. The monoisotopic (exact) mass is 401 g/mol. The van der Waals surface area contributed by atoms with E-state index < -0.39 is 0 Å². The smallest absolute Gasteiger partial charge is 0.310 e. The number of carbonyl (C=O) groups is 1. The molecule has 21 heavy (non-hydrogen) atoms. The van der Waals surface area contributed by atoms with Crippen LogP contribution in [0.15, 0.2) is 18.2 Å². The fourth-order valence-electron chi connectivity index (χ4n) is 4.03. The van der Waals surface area contributed by atoms with Crippen LogP contribution in [0, 0.1) is 9.49 Å². The first-order valence-electron chi connectivity index (χ1n) is 7.31. The van der Waals surface area contributed by atoms with Gasteiger partial charge >= 0.3 is 5.97 Å². The highest BCUT2D eigenvalue weighted by Gasteiger charge is 2.49. The van der Waals surface area contributed by atoms with Gasteiger partial charge in [-0.25, -0.2) is 0 Å². The van der Waals surface area contributed by atoms with Gasteiger partial charge in [0.25, 0.3) is 0 Å². The molecule has 2 saturated heterocycles. The van der Waals surface area contributed by atoms with Crippen LogP contribution in [0.3, 0.4) is 0 Å². The van der Waals surface area contributed by atoms with Gasteiger partial charge in [0.05, 0.1) is 16.6 Å².